The number of methoxy groups -OCH3 is 1. The van der Waals surface area contributed by atoms with Gasteiger partial charge in [-0.3, -0.25) is 13.8 Å². The van der Waals surface area contributed by atoms with Gasteiger partial charge in [0.05, 0.1) is 42.2 Å². The normalized spacial score (nSPS) is 21.2. The highest BCUT2D eigenvalue weighted by Crippen LogP contribution is 2.43. The minimum Gasteiger partial charge on any atom is -0.381 e. The number of nitriles is 1. The molecule has 1 saturated carbocycles. The van der Waals surface area contributed by atoms with E-state index in [2.05, 4.69) is 37.8 Å². The Kier molecular flexibility index (Phi) is 4.00. The second kappa shape index (κ2) is 6.57. The average molecular weight is 387 g/mol. The van der Waals surface area contributed by atoms with Crippen LogP contribution in [0.5, 0.6) is 0 Å². The Morgan fingerprint density at radius 1 is 1.17 bits per heavy atom. The van der Waals surface area contributed by atoms with Crippen molar-refractivity contribution in [3.63, 3.8) is 0 Å². The standard InChI is InChI=1S/C21H21N7O/c1-26-13-16(11-24-26)15-7-19(27-6-5-23-20(27)8-15)17-12-25-28(14-17)21(3-4-22)9-18(10-21)29-2/h5-8,11-14,18H,3,9-10H2,1-2H3/t18-,21+. The van der Waals surface area contributed by atoms with Crippen LogP contribution in [0.25, 0.3) is 28.0 Å². The number of pyridine rings is 1. The molecule has 1 fully saturated rings. The van der Waals surface area contributed by atoms with Crippen LogP contribution in [0.3, 0.4) is 0 Å². The molecular weight excluding hydrogens is 366 g/mol. The van der Waals surface area contributed by atoms with Gasteiger partial charge < -0.3 is 4.74 Å². The van der Waals surface area contributed by atoms with Gasteiger partial charge in [-0.1, -0.05) is 0 Å². The topological polar surface area (TPSA) is 86.0 Å². The van der Waals surface area contributed by atoms with Crippen LogP contribution in [0.1, 0.15) is 19.3 Å². The molecule has 0 N–H and O–H groups in total. The zero-order chi connectivity index (χ0) is 20.0. The van der Waals surface area contributed by atoms with E-state index in [0.717, 1.165) is 40.9 Å². The summed E-state index contributed by atoms with van der Waals surface area (Å²) < 4.78 is 11.2. The molecule has 4 aromatic rings. The van der Waals surface area contributed by atoms with Crippen molar-refractivity contribution < 1.29 is 4.74 Å². The smallest absolute Gasteiger partial charge is 0.137 e. The lowest BCUT2D eigenvalue weighted by atomic mass is 9.72. The van der Waals surface area contributed by atoms with Crippen molar-refractivity contribution in [3.8, 4) is 28.5 Å². The van der Waals surface area contributed by atoms with E-state index >= 15 is 0 Å². The van der Waals surface area contributed by atoms with Crippen LogP contribution >= 0.6 is 0 Å². The molecule has 1 aliphatic rings. The Morgan fingerprint density at radius 3 is 2.72 bits per heavy atom. The molecule has 0 spiro atoms. The van der Waals surface area contributed by atoms with E-state index in [1.54, 1.807) is 18.0 Å². The Bertz CT molecular complexity index is 1220. The number of ether oxygens (including phenoxy) is 1. The summed E-state index contributed by atoms with van der Waals surface area (Å²) in [6, 6.07) is 6.50. The number of aryl methyl sites for hydroxylation is 1. The second-order valence-electron chi connectivity index (χ2n) is 7.69. The molecule has 8 heteroatoms. The third-order valence-electron chi connectivity index (χ3n) is 5.86. The first-order valence-corrected chi connectivity index (χ1v) is 9.53. The Morgan fingerprint density at radius 2 is 2.00 bits per heavy atom. The number of hydrogen-bond acceptors (Lipinski definition) is 5. The molecule has 0 bridgehead atoms. The molecule has 0 radical (unpaired) electrons. The minimum atomic E-state index is -0.289. The zero-order valence-electron chi connectivity index (χ0n) is 16.4. The highest BCUT2D eigenvalue weighted by atomic mass is 16.5. The lowest BCUT2D eigenvalue weighted by molar-refractivity contribution is -0.0542. The summed E-state index contributed by atoms with van der Waals surface area (Å²) in [5, 5.41) is 18.3. The maximum atomic E-state index is 9.34. The van der Waals surface area contributed by atoms with E-state index < -0.39 is 0 Å². The van der Waals surface area contributed by atoms with Gasteiger partial charge in [0.2, 0.25) is 0 Å². The lowest BCUT2D eigenvalue weighted by Crippen LogP contribution is -2.50. The van der Waals surface area contributed by atoms with Gasteiger partial charge in [-0.25, -0.2) is 4.98 Å². The van der Waals surface area contributed by atoms with Crippen LogP contribution in [0, 0.1) is 11.3 Å². The molecule has 0 aliphatic heterocycles. The number of imidazole rings is 1. The molecule has 146 valence electrons. The molecule has 0 saturated heterocycles. The van der Waals surface area contributed by atoms with E-state index in [1.807, 2.05) is 42.7 Å². The molecule has 4 aromatic heterocycles. The second-order valence-corrected chi connectivity index (χ2v) is 7.69. The quantitative estimate of drug-likeness (QED) is 0.525. The number of rotatable bonds is 5. The van der Waals surface area contributed by atoms with Crippen LogP contribution in [-0.2, 0) is 17.3 Å². The van der Waals surface area contributed by atoms with Gasteiger partial charge in [0.15, 0.2) is 0 Å². The summed E-state index contributed by atoms with van der Waals surface area (Å²) in [5.74, 6) is 0. The van der Waals surface area contributed by atoms with Gasteiger partial charge >= 0.3 is 0 Å². The van der Waals surface area contributed by atoms with Crippen LogP contribution in [0.4, 0.5) is 0 Å². The van der Waals surface area contributed by atoms with Crippen molar-refractivity contribution in [1.82, 2.24) is 28.9 Å². The van der Waals surface area contributed by atoms with Crippen molar-refractivity contribution in [1.29, 1.82) is 5.26 Å². The minimum absolute atomic E-state index is 0.185. The van der Waals surface area contributed by atoms with E-state index in [0.29, 0.717) is 6.42 Å². The van der Waals surface area contributed by atoms with Crippen LogP contribution in [0.15, 0.2) is 49.3 Å². The van der Waals surface area contributed by atoms with Gasteiger partial charge in [-0.05, 0) is 30.5 Å². The SMILES string of the molecule is CO[C@H]1C[C@@](CC#N)(n2cc(-c3cc(-c4cnn(C)c4)cc4nccn34)cn2)C1. The average Bonchev–Trinajstić information content (AvgIpc) is 3.43. The highest BCUT2D eigenvalue weighted by Gasteiger charge is 2.46. The number of nitrogens with zero attached hydrogens (tertiary/aromatic N) is 7. The Labute approximate surface area is 168 Å². The van der Waals surface area contributed by atoms with E-state index in [9.17, 15) is 5.26 Å². The fourth-order valence-corrected chi connectivity index (χ4v) is 4.21. The van der Waals surface area contributed by atoms with E-state index in [4.69, 9.17) is 4.74 Å². The summed E-state index contributed by atoms with van der Waals surface area (Å²) in [6.07, 6.45) is 13.7. The van der Waals surface area contributed by atoms with Crippen molar-refractivity contribution in [2.75, 3.05) is 7.11 Å². The van der Waals surface area contributed by atoms with Crippen LogP contribution in [0.2, 0.25) is 0 Å². The zero-order valence-corrected chi connectivity index (χ0v) is 16.4. The Balaban J connectivity index is 1.58. The monoisotopic (exact) mass is 387 g/mol. The Hall–Kier alpha value is -3.44. The van der Waals surface area contributed by atoms with Crippen LogP contribution in [-0.4, -0.2) is 42.2 Å². The first kappa shape index (κ1) is 17.6. The number of fused-ring (bicyclic) bond motifs is 1. The number of aromatic nitrogens is 6. The third kappa shape index (κ3) is 2.82. The van der Waals surface area contributed by atoms with Gasteiger partial charge in [0, 0.05) is 50.1 Å². The largest absolute Gasteiger partial charge is 0.381 e. The molecule has 4 heterocycles. The summed E-state index contributed by atoms with van der Waals surface area (Å²) in [7, 11) is 3.62. The van der Waals surface area contributed by atoms with Crippen molar-refractivity contribution in [2.24, 2.45) is 7.05 Å². The molecular formula is C21H21N7O. The molecule has 0 aromatic carbocycles. The van der Waals surface area contributed by atoms with Crippen molar-refractivity contribution in [3.05, 3.63) is 49.3 Å². The van der Waals surface area contributed by atoms with E-state index in [1.165, 1.54) is 0 Å². The molecule has 5 rings (SSSR count). The fraction of sp³-hybridized carbons (Fsp3) is 0.333. The summed E-state index contributed by atoms with van der Waals surface area (Å²) >= 11 is 0. The van der Waals surface area contributed by atoms with Crippen LogP contribution < -0.4 is 0 Å². The lowest BCUT2D eigenvalue weighted by Gasteiger charge is -2.45. The predicted molar refractivity (Wildman–Crippen MR) is 107 cm³/mol. The van der Waals surface area contributed by atoms with Gasteiger partial charge in [-0.2, -0.15) is 15.5 Å². The summed E-state index contributed by atoms with van der Waals surface area (Å²) in [4.78, 5) is 4.48. The third-order valence-corrected chi connectivity index (χ3v) is 5.86. The van der Waals surface area contributed by atoms with Gasteiger partial charge in [-0.15, -0.1) is 0 Å². The molecule has 1 aliphatic carbocycles. The maximum absolute atomic E-state index is 9.34. The summed E-state index contributed by atoms with van der Waals surface area (Å²) in [5.41, 5.74) is 4.65. The molecule has 0 atom stereocenters. The van der Waals surface area contributed by atoms with Crippen molar-refractivity contribution >= 4 is 5.65 Å². The molecule has 29 heavy (non-hydrogen) atoms. The van der Waals surface area contributed by atoms with Gasteiger partial charge in [0.1, 0.15) is 5.65 Å². The predicted octanol–water partition coefficient (Wildman–Crippen LogP) is 3.02. The fourth-order valence-electron chi connectivity index (χ4n) is 4.21. The molecule has 8 nitrogen and oxygen atoms in total. The summed E-state index contributed by atoms with van der Waals surface area (Å²) in [6.45, 7) is 0. The van der Waals surface area contributed by atoms with Gasteiger partial charge in [0.25, 0.3) is 0 Å². The van der Waals surface area contributed by atoms with Crippen molar-refractivity contribution in [2.45, 2.75) is 30.9 Å². The first-order chi connectivity index (χ1) is 14.1. The molecule has 0 amide bonds. The van der Waals surface area contributed by atoms with E-state index in [-0.39, 0.29) is 11.6 Å². The maximum Gasteiger partial charge on any atom is 0.137 e. The number of hydrogen-bond donors (Lipinski definition) is 0. The highest BCUT2D eigenvalue weighted by molar-refractivity contribution is 5.74. The first-order valence-electron chi connectivity index (χ1n) is 9.53. The molecule has 0 unspecified atom stereocenters.